The summed E-state index contributed by atoms with van der Waals surface area (Å²) in [6, 6.07) is 12.0. The van der Waals surface area contributed by atoms with Crippen LogP contribution in [-0.2, 0) is 0 Å². The molecule has 1 aromatic carbocycles. The molecule has 0 spiro atoms. The molecule has 112 valence electrons. The molecule has 4 heteroatoms. The minimum atomic E-state index is -0.320. The lowest BCUT2D eigenvalue weighted by molar-refractivity contribution is 0.0947. The van der Waals surface area contributed by atoms with Crippen molar-refractivity contribution in [1.29, 1.82) is 0 Å². The first-order chi connectivity index (χ1) is 10.1. The number of benzene rings is 1. The number of hydrogen-bond acceptors (Lipinski definition) is 3. The molecule has 2 rings (SSSR count). The smallest absolute Gasteiger partial charge is 0.262 e. The zero-order valence-corrected chi connectivity index (χ0v) is 13.4. The van der Waals surface area contributed by atoms with Gasteiger partial charge in [-0.05, 0) is 29.9 Å². The zero-order chi connectivity index (χ0) is 15.3. The maximum Gasteiger partial charge on any atom is 0.262 e. The Morgan fingerprint density at radius 1 is 1.19 bits per heavy atom. The predicted octanol–water partition coefficient (Wildman–Crippen LogP) is 3.66. The Labute approximate surface area is 130 Å². The standard InChI is InChI=1S/C17H22N2OS/c1-3-17(18,4-2)12-19-16(20)15-14(10-11-21-15)13-8-6-5-7-9-13/h5-11H,3-4,12,18H2,1-2H3,(H,19,20). The molecule has 2 aromatic rings. The Morgan fingerprint density at radius 3 is 2.48 bits per heavy atom. The summed E-state index contributed by atoms with van der Waals surface area (Å²) in [4.78, 5) is 13.2. The van der Waals surface area contributed by atoms with Gasteiger partial charge in [-0.15, -0.1) is 11.3 Å². The first-order valence-corrected chi connectivity index (χ1v) is 8.17. The number of carbonyl (C=O) groups is 1. The molecule has 0 saturated carbocycles. The van der Waals surface area contributed by atoms with Crippen LogP contribution < -0.4 is 11.1 Å². The molecule has 3 N–H and O–H groups in total. The first-order valence-electron chi connectivity index (χ1n) is 7.29. The Kier molecular flexibility index (Phi) is 5.15. The van der Waals surface area contributed by atoms with Crippen LogP contribution in [0.15, 0.2) is 41.8 Å². The largest absolute Gasteiger partial charge is 0.349 e. The summed E-state index contributed by atoms with van der Waals surface area (Å²) in [6.45, 7) is 4.61. The van der Waals surface area contributed by atoms with Crippen LogP contribution in [0.1, 0.15) is 36.4 Å². The maximum atomic E-state index is 12.4. The van der Waals surface area contributed by atoms with Gasteiger partial charge in [-0.25, -0.2) is 0 Å². The van der Waals surface area contributed by atoms with E-state index in [2.05, 4.69) is 19.2 Å². The summed E-state index contributed by atoms with van der Waals surface area (Å²) >= 11 is 1.47. The highest BCUT2D eigenvalue weighted by molar-refractivity contribution is 7.12. The summed E-state index contributed by atoms with van der Waals surface area (Å²) < 4.78 is 0. The summed E-state index contributed by atoms with van der Waals surface area (Å²) in [7, 11) is 0. The van der Waals surface area contributed by atoms with Gasteiger partial charge in [0.15, 0.2) is 0 Å². The second kappa shape index (κ2) is 6.87. The Hall–Kier alpha value is -1.65. The van der Waals surface area contributed by atoms with E-state index < -0.39 is 0 Å². The molecule has 0 unspecified atom stereocenters. The summed E-state index contributed by atoms with van der Waals surface area (Å²) in [5.74, 6) is -0.0411. The third-order valence-electron chi connectivity index (χ3n) is 3.97. The van der Waals surface area contributed by atoms with Gasteiger partial charge in [0.1, 0.15) is 0 Å². The van der Waals surface area contributed by atoms with Gasteiger partial charge >= 0.3 is 0 Å². The van der Waals surface area contributed by atoms with Crippen molar-refractivity contribution in [3.63, 3.8) is 0 Å². The van der Waals surface area contributed by atoms with Gasteiger partial charge in [0.2, 0.25) is 0 Å². The predicted molar refractivity (Wildman–Crippen MR) is 89.6 cm³/mol. The Morgan fingerprint density at radius 2 is 1.86 bits per heavy atom. The number of rotatable bonds is 6. The quantitative estimate of drug-likeness (QED) is 0.855. The van der Waals surface area contributed by atoms with Crippen molar-refractivity contribution in [3.05, 3.63) is 46.7 Å². The van der Waals surface area contributed by atoms with Crippen molar-refractivity contribution < 1.29 is 4.79 Å². The van der Waals surface area contributed by atoms with Gasteiger partial charge in [-0.1, -0.05) is 44.2 Å². The SMILES string of the molecule is CCC(N)(CC)CNC(=O)c1sccc1-c1ccccc1. The van der Waals surface area contributed by atoms with E-state index in [1.165, 1.54) is 11.3 Å². The van der Waals surface area contributed by atoms with Crippen LogP contribution in [-0.4, -0.2) is 18.0 Å². The van der Waals surface area contributed by atoms with Crippen molar-refractivity contribution in [2.24, 2.45) is 5.73 Å². The van der Waals surface area contributed by atoms with Gasteiger partial charge in [-0.2, -0.15) is 0 Å². The number of nitrogens with one attached hydrogen (secondary N) is 1. The van der Waals surface area contributed by atoms with Crippen molar-refractivity contribution in [3.8, 4) is 11.1 Å². The number of thiophene rings is 1. The number of hydrogen-bond donors (Lipinski definition) is 2. The topological polar surface area (TPSA) is 55.1 Å². The lowest BCUT2D eigenvalue weighted by atomic mass is 9.94. The molecule has 0 aliphatic carbocycles. The van der Waals surface area contributed by atoms with Crippen molar-refractivity contribution in [2.75, 3.05) is 6.54 Å². The van der Waals surface area contributed by atoms with E-state index in [9.17, 15) is 4.79 Å². The second-order valence-corrected chi connectivity index (χ2v) is 6.20. The van der Waals surface area contributed by atoms with E-state index in [0.717, 1.165) is 28.8 Å². The molecule has 0 saturated heterocycles. The highest BCUT2D eigenvalue weighted by atomic mass is 32.1. The molecule has 0 radical (unpaired) electrons. The average Bonchev–Trinajstić information content (AvgIpc) is 3.03. The van der Waals surface area contributed by atoms with Crippen LogP contribution in [0.2, 0.25) is 0 Å². The van der Waals surface area contributed by atoms with Crippen LogP contribution in [0.4, 0.5) is 0 Å². The molecule has 0 aliphatic rings. The average molecular weight is 302 g/mol. The fraction of sp³-hybridized carbons (Fsp3) is 0.353. The number of nitrogens with two attached hydrogens (primary N) is 1. The van der Waals surface area contributed by atoms with E-state index in [4.69, 9.17) is 5.73 Å². The normalized spacial score (nSPS) is 11.4. The molecular weight excluding hydrogens is 280 g/mol. The fourth-order valence-corrected chi connectivity index (χ4v) is 3.00. The van der Waals surface area contributed by atoms with Crippen LogP contribution in [0.25, 0.3) is 11.1 Å². The summed E-state index contributed by atoms with van der Waals surface area (Å²) in [5, 5.41) is 4.94. The van der Waals surface area contributed by atoms with Crippen LogP contribution in [0, 0.1) is 0 Å². The summed E-state index contributed by atoms with van der Waals surface area (Å²) in [6.07, 6.45) is 1.69. The van der Waals surface area contributed by atoms with Gasteiger partial charge in [-0.3, -0.25) is 4.79 Å². The van der Waals surface area contributed by atoms with Crippen LogP contribution >= 0.6 is 11.3 Å². The maximum absolute atomic E-state index is 12.4. The fourth-order valence-electron chi connectivity index (χ4n) is 2.17. The zero-order valence-electron chi connectivity index (χ0n) is 12.6. The molecule has 0 bridgehead atoms. The third kappa shape index (κ3) is 3.71. The van der Waals surface area contributed by atoms with Crippen molar-refractivity contribution in [1.82, 2.24) is 5.32 Å². The number of carbonyl (C=O) groups excluding carboxylic acids is 1. The first kappa shape index (κ1) is 15.7. The van der Waals surface area contributed by atoms with Gasteiger partial charge < -0.3 is 11.1 Å². The molecule has 1 aromatic heterocycles. The van der Waals surface area contributed by atoms with Gasteiger partial charge in [0.05, 0.1) is 4.88 Å². The van der Waals surface area contributed by atoms with E-state index in [0.29, 0.717) is 6.54 Å². The van der Waals surface area contributed by atoms with Crippen LogP contribution in [0.5, 0.6) is 0 Å². The van der Waals surface area contributed by atoms with Crippen LogP contribution in [0.3, 0.4) is 0 Å². The van der Waals surface area contributed by atoms with E-state index >= 15 is 0 Å². The van der Waals surface area contributed by atoms with Crippen molar-refractivity contribution in [2.45, 2.75) is 32.2 Å². The highest BCUT2D eigenvalue weighted by Crippen LogP contribution is 2.28. The highest BCUT2D eigenvalue weighted by Gasteiger charge is 2.22. The second-order valence-electron chi connectivity index (χ2n) is 5.28. The molecular formula is C17H22N2OS. The third-order valence-corrected chi connectivity index (χ3v) is 4.88. The van der Waals surface area contributed by atoms with Gasteiger partial charge in [0, 0.05) is 17.6 Å². The molecule has 1 amide bonds. The van der Waals surface area contributed by atoms with Gasteiger partial charge in [0.25, 0.3) is 5.91 Å². The Bertz CT molecular complexity index is 588. The van der Waals surface area contributed by atoms with E-state index in [-0.39, 0.29) is 11.4 Å². The minimum Gasteiger partial charge on any atom is -0.349 e. The molecule has 0 atom stereocenters. The monoisotopic (exact) mass is 302 g/mol. The molecule has 0 aliphatic heterocycles. The number of amides is 1. The van der Waals surface area contributed by atoms with Crippen molar-refractivity contribution >= 4 is 17.2 Å². The lowest BCUT2D eigenvalue weighted by Gasteiger charge is -2.26. The van der Waals surface area contributed by atoms with E-state index in [1.54, 1.807) is 0 Å². The lowest BCUT2D eigenvalue weighted by Crippen LogP contribution is -2.49. The minimum absolute atomic E-state index is 0.0411. The summed E-state index contributed by atoms with van der Waals surface area (Å²) in [5.41, 5.74) is 7.96. The molecule has 0 fully saturated rings. The molecule has 21 heavy (non-hydrogen) atoms. The molecule has 1 heterocycles. The molecule has 3 nitrogen and oxygen atoms in total. The Balaban J connectivity index is 2.13. The van der Waals surface area contributed by atoms with E-state index in [1.807, 2.05) is 41.8 Å².